The Kier molecular flexibility index (Phi) is 2.99. The summed E-state index contributed by atoms with van der Waals surface area (Å²) < 4.78 is 0. The van der Waals surface area contributed by atoms with Gasteiger partial charge in [-0.05, 0) is 32.6 Å². The monoisotopic (exact) mass is 264 g/mol. The summed E-state index contributed by atoms with van der Waals surface area (Å²) in [4.78, 5) is 27.6. The van der Waals surface area contributed by atoms with Crippen LogP contribution >= 0.6 is 0 Å². The lowest BCUT2D eigenvalue weighted by Gasteiger charge is -2.33. The molecule has 0 radical (unpaired) electrons. The molecular weight excluding hydrogens is 244 g/mol. The zero-order valence-corrected chi connectivity index (χ0v) is 11.2. The van der Waals surface area contributed by atoms with Crippen LogP contribution in [0.5, 0.6) is 0 Å². The largest absolute Gasteiger partial charge is 0.481 e. The Balaban J connectivity index is 1.74. The van der Waals surface area contributed by atoms with Crippen LogP contribution in [-0.4, -0.2) is 52.1 Å². The molecule has 5 heteroatoms. The number of aliphatic carboxylic acids is 1. The minimum atomic E-state index is -0.750. The van der Waals surface area contributed by atoms with Crippen molar-refractivity contribution >= 4 is 12.0 Å². The fourth-order valence-corrected chi connectivity index (χ4v) is 3.79. The van der Waals surface area contributed by atoms with Gasteiger partial charge in [0.25, 0.3) is 0 Å². The van der Waals surface area contributed by atoms with E-state index in [2.05, 4.69) is 6.08 Å². The average molecular weight is 264 g/mol. The fraction of sp³-hybridized carbons (Fsp3) is 0.714. The Morgan fingerprint density at radius 3 is 2.79 bits per heavy atom. The van der Waals surface area contributed by atoms with Crippen molar-refractivity contribution in [3.05, 3.63) is 11.6 Å². The van der Waals surface area contributed by atoms with Crippen molar-refractivity contribution in [2.24, 2.45) is 5.92 Å². The number of carboxylic acid groups (broad SMARTS) is 1. The summed E-state index contributed by atoms with van der Waals surface area (Å²) in [6, 6.07) is 0.106. The third-order valence-corrected chi connectivity index (χ3v) is 4.68. The van der Waals surface area contributed by atoms with Crippen molar-refractivity contribution in [1.29, 1.82) is 0 Å². The number of nitrogens with zero attached hydrogens (tertiary/aromatic N) is 2. The summed E-state index contributed by atoms with van der Waals surface area (Å²) in [5.41, 5.74) is 1.22. The summed E-state index contributed by atoms with van der Waals surface area (Å²) in [6.07, 6.45) is 5.51. The van der Waals surface area contributed by atoms with Gasteiger partial charge in [0.15, 0.2) is 0 Å². The minimum absolute atomic E-state index is 0.0451. The average Bonchev–Trinajstić information content (AvgIpc) is 2.95. The smallest absolute Gasteiger partial charge is 0.320 e. The summed E-state index contributed by atoms with van der Waals surface area (Å²) in [5.74, 6) is -1.11. The lowest BCUT2D eigenvalue weighted by molar-refractivity contribution is -0.142. The topological polar surface area (TPSA) is 60.9 Å². The molecule has 0 aromatic heterocycles. The van der Waals surface area contributed by atoms with Crippen molar-refractivity contribution in [1.82, 2.24) is 9.80 Å². The number of fused-ring (bicyclic) bond motifs is 2. The third kappa shape index (κ3) is 2.01. The van der Waals surface area contributed by atoms with Gasteiger partial charge in [-0.1, -0.05) is 11.6 Å². The molecule has 1 N–H and O–H groups in total. The van der Waals surface area contributed by atoms with Gasteiger partial charge < -0.3 is 14.9 Å². The van der Waals surface area contributed by atoms with Crippen LogP contribution in [-0.2, 0) is 4.79 Å². The molecule has 2 bridgehead atoms. The molecule has 0 spiro atoms. The number of urea groups is 1. The number of carbonyl (C=O) groups is 2. The summed E-state index contributed by atoms with van der Waals surface area (Å²) >= 11 is 0. The van der Waals surface area contributed by atoms with E-state index in [0.29, 0.717) is 13.0 Å². The van der Waals surface area contributed by atoms with Gasteiger partial charge in [-0.3, -0.25) is 4.79 Å². The number of hydrogen-bond donors (Lipinski definition) is 1. The van der Waals surface area contributed by atoms with Crippen molar-refractivity contribution in [3.63, 3.8) is 0 Å². The van der Waals surface area contributed by atoms with E-state index in [1.165, 1.54) is 5.57 Å². The van der Waals surface area contributed by atoms with Gasteiger partial charge in [0.2, 0.25) is 0 Å². The van der Waals surface area contributed by atoms with Crippen molar-refractivity contribution < 1.29 is 14.7 Å². The second-order valence-corrected chi connectivity index (χ2v) is 5.93. The minimum Gasteiger partial charge on any atom is -0.481 e. The van der Waals surface area contributed by atoms with Crippen LogP contribution in [0.1, 0.15) is 32.6 Å². The highest BCUT2D eigenvalue weighted by Crippen LogP contribution is 2.42. The molecule has 3 atom stereocenters. The first kappa shape index (κ1) is 12.5. The predicted octanol–water partition coefficient (Wildman–Crippen LogP) is 1.70. The predicted molar refractivity (Wildman–Crippen MR) is 69.7 cm³/mol. The molecule has 0 saturated carbocycles. The molecule has 104 valence electrons. The number of carbonyl (C=O) groups excluding carboxylic acids is 1. The first-order chi connectivity index (χ1) is 9.08. The van der Waals surface area contributed by atoms with E-state index in [4.69, 9.17) is 0 Å². The zero-order valence-electron chi connectivity index (χ0n) is 11.2. The highest BCUT2D eigenvalue weighted by molar-refractivity contribution is 5.79. The fourth-order valence-electron chi connectivity index (χ4n) is 3.79. The summed E-state index contributed by atoms with van der Waals surface area (Å²) in [6.45, 7) is 3.48. The normalized spacial score (nSPS) is 33.5. The molecule has 3 heterocycles. The molecule has 0 aromatic rings. The van der Waals surface area contributed by atoms with Crippen LogP contribution in [0.2, 0.25) is 0 Å². The van der Waals surface area contributed by atoms with Crippen molar-refractivity contribution in [3.8, 4) is 0 Å². The van der Waals surface area contributed by atoms with Crippen LogP contribution < -0.4 is 0 Å². The molecule has 0 aromatic carbocycles. The van der Waals surface area contributed by atoms with E-state index in [-0.39, 0.29) is 24.0 Å². The van der Waals surface area contributed by atoms with Crippen LogP contribution in [0.4, 0.5) is 4.79 Å². The van der Waals surface area contributed by atoms with E-state index in [9.17, 15) is 14.7 Å². The Bertz CT molecular complexity index is 446. The van der Waals surface area contributed by atoms with Crippen molar-refractivity contribution in [2.45, 2.75) is 44.7 Å². The standard InChI is InChI=1S/C14H20N2O3/c1-9-3-2-6-15(8-9)14(19)16-10-4-5-12(16)11(7-10)13(17)18/h3,10-12H,2,4-8H2,1H3,(H,17,18). The molecule has 3 rings (SSSR count). The lowest BCUT2D eigenvalue weighted by atomic mass is 9.89. The maximum Gasteiger partial charge on any atom is 0.320 e. The molecule has 2 saturated heterocycles. The van der Waals surface area contributed by atoms with Crippen molar-refractivity contribution in [2.75, 3.05) is 13.1 Å². The molecule has 3 unspecified atom stereocenters. The second-order valence-electron chi connectivity index (χ2n) is 5.93. The SMILES string of the molecule is CC1=CCCN(C(=O)N2C3CCC2C(C(=O)O)C3)C1. The first-order valence-corrected chi connectivity index (χ1v) is 7.03. The molecule has 0 aliphatic carbocycles. The van der Waals surface area contributed by atoms with Gasteiger partial charge in [-0.25, -0.2) is 4.79 Å². The maximum atomic E-state index is 12.6. The van der Waals surface area contributed by atoms with Gasteiger partial charge in [0.1, 0.15) is 0 Å². The molecule has 2 fully saturated rings. The van der Waals surface area contributed by atoms with Crippen LogP contribution in [0.3, 0.4) is 0 Å². The molecule has 5 nitrogen and oxygen atoms in total. The number of hydrogen-bond acceptors (Lipinski definition) is 2. The lowest BCUT2D eigenvalue weighted by Crippen LogP contribution is -2.48. The summed E-state index contributed by atoms with van der Waals surface area (Å²) in [7, 11) is 0. The van der Waals surface area contributed by atoms with E-state index in [1.807, 2.05) is 16.7 Å². The van der Waals surface area contributed by atoms with Crippen LogP contribution in [0.25, 0.3) is 0 Å². The Morgan fingerprint density at radius 2 is 2.16 bits per heavy atom. The zero-order chi connectivity index (χ0) is 13.6. The Labute approximate surface area is 112 Å². The molecule has 3 aliphatic rings. The van der Waals surface area contributed by atoms with E-state index in [0.717, 1.165) is 25.8 Å². The first-order valence-electron chi connectivity index (χ1n) is 7.03. The Hall–Kier alpha value is -1.52. The van der Waals surface area contributed by atoms with Gasteiger partial charge in [0.05, 0.1) is 5.92 Å². The quantitative estimate of drug-likeness (QED) is 0.733. The highest BCUT2D eigenvalue weighted by Gasteiger charge is 2.52. The molecular formula is C14H20N2O3. The number of carboxylic acids is 1. The van der Waals surface area contributed by atoms with Gasteiger partial charge >= 0.3 is 12.0 Å². The van der Waals surface area contributed by atoms with Gasteiger partial charge in [-0.15, -0.1) is 0 Å². The molecule has 19 heavy (non-hydrogen) atoms. The van der Waals surface area contributed by atoms with E-state index in [1.54, 1.807) is 0 Å². The third-order valence-electron chi connectivity index (χ3n) is 4.68. The maximum absolute atomic E-state index is 12.6. The van der Waals surface area contributed by atoms with Crippen LogP contribution in [0.15, 0.2) is 11.6 Å². The Morgan fingerprint density at radius 1 is 1.37 bits per heavy atom. The second kappa shape index (κ2) is 4.54. The number of rotatable bonds is 1. The van der Waals surface area contributed by atoms with Crippen LogP contribution in [0, 0.1) is 5.92 Å². The molecule has 2 amide bonds. The van der Waals surface area contributed by atoms with Gasteiger partial charge in [-0.2, -0.15) is 0 Å². The van der Waals surface area contributed by atoms with Gasteiger partial charge in [0, 0.05) is 25.2 Å². The summed E-state index contributed by atoms with van der Waals surface area (Å²) in [5, 5.41) is 9.23. The van der Waals surface area contributed by atoms with E-state index >= 15 is 0 Å². The highest BCUT2D eigenvalue weighted by atomic mass is 16.4. The number of amides is 2. The molecule has 3 aliphatic heterocycles. The van der Waals surface area contributed by atoms with E-state index < -0.39 is 5.97 Å².